The van der Waals surface area contributed by atoms with Gasteiger partial charge in [-0.15, -0.1) is 0 Å². The minimum absolute atomic E-state index is 0.0705. The molecule has 0 N–H and O–H groups in total. The molecule has 1 aromatic rings. The Morgan fingerprint density at radius 2 is 2.24 bits per heavy atom. The van der Waals surface area contributed by atoms with Crippen molar-refractivity contribution in [1.82, 2.24) is 0 Å². The summed E-state index contributed by atoms with van der Waals surface area (Å²) in [5.41, 5.74) is 0.895. The lowest BCUT2D eigenvalue weighted by molar-refractivity contribution is -0.255. The fraction of sp³-hybridized carbons (Fsp3) is 0.182. The molecule has 88 valence electrons. The Bertz CT molecular complexity index is 540. The molecular formula is C11H8ClN2O3-. The Kier molecular flexibility index (Phi) is 2.85. The van der Waals surface area contributed by atoms with Gasteiger partial charge in [0.05, 0.1) is 18.1 Å². The van der Waals surface area contributed by atoms with Gasteiger partial charge < -0.3 is 9.90 Å². The molecule has 0 aromatic heterocycles. The standard InChI is InChI=1S/C11H9ClN2O3/c1-6-4-10(15)14(13-6)7-2-3-9(12)8(5-7)11(16)17/h2-3,5H,4H2,1H3,(H,16,17)/p-1. The van der Waals surface area contributed by atoms with Gasteiger partial charge in [0.15, 0.2) is 0 Å². The first-order valence-corrected chi connectivity index (χ1v) is 5.25. The van der Waals surface area contributed by atoms with E-state index in [4.69, 9.17) is 11.6 Å². The topological polar surface area (TPSA) is 72.8 Å². The first-order chi connectivity index (χ1) is 7.99. The van der Waals surface area contributed by atoms with E-state index in [2.05, 4.69) is 5.10 Å². The minimum atomic E-state index is -1.39. The number of nitrogens with zero attached hydrogens (tertiary/aromatic N) is 2. The van der Waals surface area contributed by atoms with Gasteiger partial charge in [0, 0.05) is 16.3 Å². The second-order valence-corrected chi connectivity index (χ2v) is 4.08. The van der Waals surface area contributed by atoms with Crippen molar-refractivity contribution in [2.24, 2.45) is 5.10 Å². The van der Waals surface area contributed by atoms with Crippen LogP contribution in [0.3, 0.4) is 0 Å². The lowest BCUT2D eigenvalue weighted by atomic mass is 10.2. The number of rotatable bonds is 2. The number of halogens is 1. The number of carbonyl (C=O) groups is 2. The molecule has 2 rings (SSSR count). The third-order valence-corrected chi connectivity index (χ3v) is 2.66. The van der Waals surface area contributed by atoms with Crippen LogP contribution in [0.1, 0.15) is 23.7 Å². The van der Waals surface area contributed by atoms with Crippen LogP contribution in [-0.2, 0) is 4.79 Å². The minimum Gasteiger partial charge on any atom is -0.545 e. The molecule has 0 saturated heterocycles. The van der Waals surface area contributed by atoms with Crippen LogP contribution >= 0.6 is 11.6 Å². The van der Waals surface area contributed by atoms with Crippen LogP contribution < -0.4 is 10.1 Å². The van der Waals surface area contributed by atoms with Gasteiger partial charge in [0.1, 0.15) is 0 Å². The first kappa shape index (κ1) is 11.6. The van der Waals surface area contributed by atoms with Crippen molar-refractivity contribution in [1.29, 1.82) is 0 Å². The average molecular weight is 252 g/mol. The van der Waals surface area contributed by atoms with E-state index in [-0.39, 0.29) is 22.9 Å². The Balaban J connectivity index is 2.44. The van der Waals surface area contributed by atoms with Gasteiger partial charge in [0.25, 0.3) is 5.91 Å². The maximum absolute atomic E-state index is 11.6. The number of benzene rings is 1. The van der Waals surface area contributed by atoms with Crippen molar-refractivity contribution in [3.05, 3.63) is 28.8 Å². The van der Waals surface area contributed by atoms with Crippen LogP contribution in [0, 0.1) is 0 Å². The van der Waals surface area contributed by atoms with Crippen molar-refractivity contribution in [3.63, 3.8) is 0 Å². The summed E-state index contributed by atoms with van der Waals surface area (Å²) in [6.45, 7) is 1.73. The largest absolute Gasteiger partial charge is 0.545 e. The highest BCUT2D eigenvalue weighted by Crippen LogP contribution is 2.25. The van der Waals surface area contributed by atoms with Crippen LogP contribution in [0.25, 0.3) is 0 Å². The summed E-state index contributed by atoms with van der Waals surface area (Å²) >= 11 is 5.70. The van der Waals surface area contributed by atoms with E-state index in [1.54, 1.807) is 6.92 Å². The summed E-state index contributed by atoms with van der Waals surface area (Å²) in [5, 5.41) is 16.0. The van der Waals surface area contributed by atoms with E-state index in [9.17, 15) is 14.7 Å². The predicted octanol–water partition coefficient (Wildman–Crippen LogP) is 0.816. The predicted molar refractivity (Wildman–Crippen MR) is 61.0 cm³/mol. The molecule has 0 atom stereocenters. The summed E-state index contributed by atoms with van der Waals surface area (Å²) in [5.74, 6) is -1.58. The molecule has 6 heteroatoms. The molecule has 17 heavy (non-hydrogen) atoms. The van der Waals surface area contributed by atoms with Gasteiger partial charge in [0.2, 0.25) is 0 Å². The zero-order valence-corrected chi connectivity index (χ0v) is 9.69. The number of amides is 1. The highest BCUT2D eigenvalue weighted by Gasteiger charge is 2.23. The summed E-state index contributed by atoms with van der Waals surface area (Å²) in [7, 11) is 0. The van der Waals surface area contributed by atoms with Gasteiger partial charge >= 0.3 is 0 Å². The maximum Gasteiger partial charge on any atom is 0.253 e. The molecule has 1 heterocycles. The van der Waals surface area contributed by atoms with Crippen molar-refractivity contribution < 1.29 is 14.7 Å². The van der Waals surface area contributed by atoms with Crippen LogP contribution in [0.4, 0.5) is 5.69 Å². The molecular weight excluding hydrogens is 244 g/mol. The lowest BCUT2D eigenvalue weighted by Gasteiger charge is -2.14. The smallest absolute Gasteiger partial charge is 0.253 e. The molecule has 0 unspecified atom stereocenters. The zero-order valence-electron chi connectivity index (χ0n) is 8.94. The molecule has 0 bridgehead atoms. The monoisotopic (exact) mass is 251 g/mol. The summed E-state index contributed by atoms with van der Waals surface area (Å²) < 4.78 is 0. The molecule has 1 amide bonds. The third-order valence-electron chi connectivity index (χ3n) is 2.33. The van der Waals surface area contributed by atoms with E-state index >= 15 is 0 Å². The van der Waals surface area contributed by atoms with Gasteiger partial charge in [-0.25, -0.2) is 5.01 Å². The third kappa shape index (κ3) is 2.14. The Hall–Kier alpha value is -1.88. The van der Waals surface area contributed by atoms with Gasteiger partial charge in [-0.3, -0.25) is 4.79 Å². The number of hydrazone groups is 1. The second kappa shape index (κ2) is 4.18. The van der Waals surface area contributed by atoms with Gasteiger partial charge in [-0.05, 0) is 25.1 Å². The molecule has 5 nitrogen and oxygen atoms in total. The summed E-state index contributed by atoms with van der Waals surface area (Å²) in [6.07, 6.45) is 0.239. The lowest BCUT2D eigenvalue weighted by Crippen LogP contribution is -2.24. The molecule has 0 spiro atoms. The first-order valence-electron chi connectivity index (χ1n) is 4.87. The van der Waals surface area contributed by atoms with E-state index in [0.717, 1.165) is 5.01 Å². The van der Waals surface area contributed by atoms with Gasteiger partial charge in [-0.1, -0.05) is 11.6 Å². The number of anilines is 1. The number of hydrogen-bond donors (Lipinski definition) is 0. The summed E-state index contributed by atoms with van der Waals surface area (Å²) in [4.78, 5) is 22.4. The maximum atomic E-state index is 11.6. The number of carbonyl (C=O) groups excluding carboxylic acids is 2. The van der Waals surface area contributed by atoms with Crippen LogP contribution in [-0.4, -0.2) is 17.6 Å². The quantitative estimate of drug-likeness (QED) is 0.781. The SMILES string of the molecule is CC1=NN(c2ccc(Cl)c(C(=O)[O-])c2)C(=O)C1. The molecule has 1 aliphatic rings. The van der Waals surface area contributed by atoms with E-state index < -0.39 is 5.97 Å². The van der Waals surface area contributed by atoms with Crippen molar-refractivity contribution in [2.75, 3.05) is 5.01 Å². The number of carboxylic acid groups (broad SMARTS) is 1. The van der Waals surface area contributed by atoms with Crippen molar-refractivity contribution in [3.8, 4) is 0 Å². The van der Waals surface area contributed by atoms with E-state index in [0.29, 0.717) is 11.4 Å². The van der Waals surface area contributed by atoms with Crippen LogP contribution in [0.15, 0.2) is 23.3 Å². The Morgan fingerprint density at radius 3 is 2.76 bits per heavy atom. The fourth-order valence-corrected chi connectivity index (χ4v) is 1.75. The second-order valence-electron chi connectivity index (χ2n) is 3.67. The van der Waals surface area contributed by atoms with E-state index in [1.807, 2.05) is 0 Å². The molecule has 0 saturated carbocycles. The molecule has 1 aromatic carbocycles. The van der Waals surface area contributed by atoms with Crippen LogP contribution in [0.5, 0.6) is 0 Å². The molecule has 0 aliphatic carbocycles. The molecule has 1 aliphatic heterocycles. The molecule has 0 fully saturated rings. The Labute approximate surface area is 102 Å². The normalized spacial score (nSPS) is 15.1. The highest BCUT2D eigenvalue weighted by atomic mass is 35.5. The number of hydrogen-bond acceptors (Lipinski definition) is 4. The fourth-order valence-electron chi connectivity index (χ4n) is 1.56. The number of aromatic carboxylic acids is 1. The molecule has 0 radical (unpaired) electrons. The van der Waals surface area contributed by atoms with Crippen LogP contribution in [0.2, 0.25) is 5.02 Å². The number of carboxylic acids is 1. The highest BCUT2D eigenvalue weighted by molar-refractivity contribution is 6.33. The zero-order chi connectivity index (χ0) is 12.6. The van der Waals surface area contributed by atoms with Gasteiger partial charge in [-0.2, -0.15) is 5.10 Å². The van der Waals surface area contributed by atoms with Crippen molar-refractivity contribution in [2.45, 2.75) is 13.3 Å². The summed E-state index contributed by atoms with van der Waals surface area (Å²) in [6, 6.07) is 4.21. The Morgan fingerprint density at radius 1 is 1.53 bits per heavy atom. The van der Waals surface area contributed by atoms with Crippen molar-refractivity contribution >= 4 is 34.9 Å². The van der Waals surface area contributed by atoms with E-state index in [1.165, 1.54) is 18.2 Å². The average Bonchev–Trinajstić information content (AvgIpc) is 2.58.